The third-order valence-electron chi connectivity index (χ3n) is 1.75. The first kappa shape index (κ1) is 15.1. The smallest absolute Gasteiger partial charge is 0.352 e. The molecular formula is C12H22N6O. The lowest BCUT2D eigenvalue weighted by Crippen LogP contribution is -2.27. The molecule has 1 rings (SSSR count). The zero-order valence-corrected chi connectivity index (χ0v) is 12.4. The van der Waals surface area contributed by atoms with Gasteiger partial charge in [0.2, 0.25) is 11.9 Å². The number of oxime groups is 1. The van der Waals surface area contributed by atoms with Crippen LogP contribution in [0.1, 0.15) is 41.5 Å². The Morgan fingerprint density at radius 3 is 2.32 bits per heavy atom. The highest BCUT2D eigenvalue weighted by atomic mass is 16.6. The number of rotatable bonds is 5. The van der Waals surface area contributed by atoms with Crippen LogP contribution in [-0.2, 0) is 0 Å². The first-order valence-corrected chi connectivity index (χ1v) is 6.26. The average molecular weight is 266 g/mol. The Bertz CT molecular complexity index is 448. The van der Waals surface area contributed by atoms with E-state index in [-0.39, 0.29) is 11.5 Å². The van der Waals surface area contributed by atoms with Gasteiger partial charge in [-0.15, -0.1) is 0 Å². The Morgan fingerprint density at radius 1 is 1.16 bits per heavy atom. The van der Waals surface area contributed by atoms with E-state index < -0.39 is 0 Å². The fraction of sp³-hybridized carbons (Fsp3) is 0.667. The monoisotopic (exact) mass is 266 g/mol. The molecular weight excluding hydrogens is 244 g/mol. The number of anilines is 2. The summed E-state index contributed by atoms with van der Waals surface area (Å²) in [5, 5.41) is 10.1. The Morgan fingerprint density at radius 2 is 1.79 bits per heavy atom. The third kappa shape index (κ3) is 5.98. The lowest BCUT2D eigenvalue weighted by Gasteiger charge is -2.20. The van der Waals surface area contributed by atoms with Crippen molar-refractivity contribution in [1.29, 1.82) is 0 Å². The standard InChI is InChI=1S/C12H22N6O/c1-7-13-9-14-10(17-12(4,5)6)16-11(15-9)19-18-8(2)3/h7H2,1-6H3,(H2,13,14,15,16,17). The first-order valence-electron chi connectivity index (χ1n) is 6.26. The SMILES string of the molecule is CCNc1nc(NC(C)(C)C)nc(ON=C(C)C)n1. The molecule has 0 spiro atoms. The molecule has 0 amide bonds. The summed E-state index contributed by atoms with van der Waals surface area (Å²) in [6, 6.07) is 0.166. The second kappa shape index (κ2) is 6.31. The molecule has 0 aliphatic carbocycles. The minimum Gasteiger partial charge on any atom is -0.354 e. The number of hydrogen-bond donors (Lipinski definition) is 2. The van der Waals surface area contributed by atoms with Crippen LogP contribution in [-0.4, -0.2) is 32.7 Å². The van der Waals surface area contributed by atoms with Crippen LogP contribution in [0.5, 0.6) is 6.01 Å². The Hall–Kier alpha value is -1.92. The second-order valence-corrected chi connectivity index (χ2v) is 5.30. The van der Waals surface area contributed by atoms with Crippen molar-refractivity contribution in [1.82, 2.24) is 15.0 Å². The van der Waals surface area contributed by atoms with Gasteiger partial charge in [0.15, 0.2) is 0 Å². The van der Waals surface area contributed by atoms with Gasteiger partial charge in [-0.1, -0.05) is 5.16 Å². The number of hydrogen-bond acceptors (Lipinski definition) is 7. The zero-order valence-electron chi connectivity index (χ0n) is 12.4. The Balaban J connectivity index is 2.99. The van der Waals surface area contributed by atoms with Crippen molar-refractivity contribution in [2.45, 2.75) is 47.1 Å². The zero-order chi connectivity index (χ0) is 14.5. The summed E-state index contributed by atoms with van der Waals surface area (Å²) in [6.45, 7) is 12.4. The Kier molecular flexibility index (Phi) is 5.02. The van der Waals surface area contributed by atoms with Crippen LogP contribution >= 0.6 is 0 Å². The molecule has 0 atom stereocenters. The van der Waals surface area contributed by atoms with Crippen LogP contribution in [0.25, 0.3) is 0 Å². The van der Waals surface area contributed by atoms with Crippen molar-refractivity contribution < 1.29 is 4.84 Å². The van der Waals surface area contributed by atoms with E-state index in [0.717, 1.165) is 5.71 Å². The molecule has 7 heteroatoms. The van der Waals surface area contributed by atoms with Gasteiger partial charge in [-0.05, 0) is 41.5 Å². The molecule has 0 aliphatic rings. The van der Waals surface area contributed by atoms with Gasteiger partial charge < -0.3 is 15.5 Å². The predicted octanol–water partition coefficient (Wildman–Crippen LogP) is 2.29. The van der Waals surface area contributed by atoms with Crippen LogP contribution in [0, 0.1) is 0 Å². The largest absolute Gasteiger partial charge is 0.354 e. The summed E-state index contributed by atoms with van der Waals surface area (Å²) in [5.74, 6) is 0.917. The molecule has 1 aromatic rings. The molecule has 0 unspecified atom stereocenters. The van der Waals surface area contributed by atoms with Gasteiger partial charge in [0.05, 0.1) is 5.71 Å². The highest BCUT2D eigenvalue weighted by Crippen LogP contribution is 2.15. The minimum atomic E-state index is -0.147. The van der Waals surface area contributed by atoms with Gasteiger partial charge in [0.25, 0.3) is 0 Å². The molecule has 0 aromatic carbocycles. The van der Waals surface area contributed by atoms with Crippen molar-refractivity contribution in [2.75, 3.05) is 17.2 Å². The molecule has 106 valence electrons. The molecule has 0 aliphatic heterocycles. The van der Waals surface area contributed by atoms with Crippen LogP contribution < -0.4 is 15.5 Å². The van der Waals surface area contributed by atoms with Crippen LogP contribution in [0.3, 0.4) is 0 Å². The third-order valence-corrected chi connectivity index (χ3v) is 1.75. The van der Waals surface area contributed by atoms with E-state index in [9.17, 15) is 0 Å². The Labute approximate surface area is 113 Å². The van der Waals surface area contributed by atoms with Gasteiger partial charge in [0.1, 0.15) is 0 Å². The molecule has 2 N–H and O–H groups in total. The van der Waals surface area contributed by atoms with E-state index in [1.807, 2.05) is 41.5 Å². The number of nitrogens with zero attached hydrogens (tertiary/aromatic N) is 4. The summed E-state index contributed by atoms with van der Waals surface area (Å²) >= 11 is 0. The first-order chi connectivity index (χ1) is 8.80. The quantitative estimate of drug-likeness (QED) is 0.628. The summed E-state index contributed by atoms with van der Waals surface area (Å²) in [7, 11) is 0. The van der Waals surface area contributed by atoms with Crippen molar-refractivity contribution in [3.8, 4) is 6.01 Å². The molecule has 0 bridgehead atoms. The van der Waals surface area contributed by atoms with Gasteiger partial charge in [-0.3, -0.25) is 0 Å². The molecule has 0 fully saturated rings. The maximum atomic E-state index is 5.16. The number of nitrogens with one attached hydrogen (secondary N) is 2. The normalized spacial score (nSPS) is 10.8. The summed E-state index contributed by atoms with van der Waals surface area (Å²) in [4.78, 5) is 17.7. The predicted molar refractivity (Wildman–Crippen MR) is 76.8 cm³/mol. The van der Waals surface area contributed by atoms with E-state index >= 15 is 0 Å². The van der Waals surface area contributed by atoms with E-state index in [1.54, 1.807) is 0 Å². The van der Waals surface area contributed by atoms with Gasteiger partial charge in [0, 0.05) is 12.1 Å². The summed E-state index contributed by atoms with van der Waals surface area (Å²) in [6.07, 6.45) is 0. The molecule has 1 aromatic heterocycles. The van der Waals surface area contributed by atoms with Crippen LogP contribution in [0.2, 0.25) is 0 Å². The molecule has 7 nitrogen and oxygen atoms in total. The van der Waals surface area contributed by atoms with Crippen molar-refractivity contribution >= 4 is 17.6 Å². The molecule has 0 saturated carbocycles. The maximum absolute atomic E-state index is 5.16. The lowest BCUT2D eigenvalue weighted by atomic mass is 10.1. The maximum Gasteiger partial charge on any atom is 0.352 e. The molecule has 0 saturated heterocycles. The van der Waals surface area contributed by atoms with Gasteiger partial charge in [-0.2, -0.15) is 15.0 Å². The fourth-order valence-corrected chi connectivity index (χ4v) is 1.16. The van der Waals surface area contributed by atoms with Crippen molar-refractivity contribution in [3.05, 3.63) is 0 Å². The highest BCUT2D eigenvalue weighted by molar-refractivity contribution is 5.78. The minimum absolute atomic E-state index is 0.147. The lowest BCUT2D eigenvalue weighted by molar-refractivity contribution is 0.312. The van der Waals surface area contributed by atoms with Crippen LogP contribution in [0.4, 0.5) is 11.9 Å². The molecule has 0 radical (unpaired) electrons. The van der Waals surface area contributed by atoms with Crippen LogP contribution in [0.15, 0.2) is 5.16 Å². The van der Waals surface area contributed by atoms with E-state index in [0.29, 0.717) is 18.4 Å². The van der Waals surface area contributed by atoms with Gasteiger partial charge in [-0.25, -0.2) is 0 Å². The van der Waals surface area contributed by atoms with Gasteiger partial charge >= 0.3 is 6.01 Å². The summed E-state index contributed by atoms with van der Waals surface area (Å²) < 4.78 is 0. The van der Waals surface area contributed by atoms with E-state index in [4.69, 9.17) is 4.84 Å². The van der Waals surface area contributed by atoms with E-state index in [2.05, 4.69) is 30.7 Å². The molecule has 19 heavy (non-hydrogen) atoms. The van der Waals surface area contributed by atoms with Crippen molar-refractivity contribution in [2.24, 2.45) is 5.16 Å². The highest BCUT2D eigenvalue weighted by Gasteiger charge is 2.14. The number of aromatic nitrogens is 3. The average Bonchev–Trinajstić information content (AvgIpc) is 2.24. The molecule has 1 heterocycles. The van der Waals surface area contributed by atoms with Crippen molar-refractivity contribution in [3.63, 3.8) is 0 Å². The fourth-order valence-electron chi connectivity index (χ4n) is 1.16. The van der Waals surface area contributed by atoms with E-state index in [1.165, 1.54) is 0 Å². The topological polar surface area (TPSA) is 84.3 Å². The second-order valence-electron chi connectivity index (χ2n) is 5.30. The summed E-state index contributed by atoms with van der Waals surface area (Å²) in [5.41, 5.74) is 0.641.